The van der Waals surface area contributed by atoms with Crippen molar-refractivity contribution in [2.75, 3.05) is 11.9 Å². The summed E-state index contributed by atoms with van der Waals surface area (Å²) in [4.78, 5) is 12.7. The molecule has 0 radical (unpaired) electrons. The van der Waals surface area contributed by atoms with Crippen LogP contribution in [-0.4, -0.2) is 31.0 Å². The normalized spacial score (nSPS) is 19.5. The number of aromatic nitrogens is 1. The lowest BCUT2D eigenvalue weighted by Gasteiger charge is -2.28. The summed E-state index contributed by atoms with van der Waals surface area (Å²) in [5.41, 5.74) is -0.0744. The van der Waals surface area contributed by atoms with Gasteiger partial charge < -0.3 is 14.6 Å². The number of aryl methyl sites for hydroxylation is 1. The molecular weight excluding hydrogens is 440 g/mol. The first-order chi connectivity index (χ1) is 15.1. The molecule has 1 aliphatic rings. The number of hydrogen-bond acceptors (Lipinski definition) is 4. The molecule has 0 unspecified atom stereocenters. The van der Waals surface area contributed by atoms with Crippen LogP contribution in [0.15, 0.2) is 59.6 Å². The molecule has 4 rings (SSSR count). The molecule has 2 heterocycles. The molecule has 10 heteroatoms. The third-order valence-corrected chi connectivity index (χ3v) is 6.77. The molecule has 1 amide bonds. The van der Waals surface area contributed by atoms with Gasteiger partial charge in [0, 0.05) is 25.0 Å². The summed E-state index contributed by atoms with van der Waals surface area (Å²) in [5, 5.41) is 2.45. The fourth-order valence-electron chi connectivity index (χ4n) is 3.71. The Kier molecular flexibility index (Phi) is 5.51. The first-order valence-electron chi connectivity index (χ1n) is 9.74. The summed E-state index contributed by atoms with van der Waals surface area (Å²) in [6, 6.07) is 12.3. The standard InChI is InChI=1S/C22H21F2N3O4S/c1-22(11-14-6-4-3-5-7-14)13-31-20-18(32(29,30)26-22)12-27(2)19(20)21(28)25-15-8-9-16(23)17(24)10-15/h3-10,12,26H,11,13H2,1-2H3,(H,25,28)/t22-/m1/s1. The number of rotatable bonds is 4. The zero-order valence-corrected chi connectivity index (χ0v) is 18.2. The molecule has 1 aromatic heterocycles. The van der Waals surface area contributed by atoms with Crippen LogP contribution < -0.4 is 14.8 Å². The molecule has 168 valence electrons. The Bertz CT molecular complexity index is 1290. The number of anilines is 1. The van der Waals surface area contributed by atoms with Gasteiger partial charge in [0.25, 0.3) is 5.91 Å². The molecule has 0 saturated carbocycles. The van der Waals surface area contributed by atoms with Gasteiger partial charge in [-0.1, -0.05) is 30.3 Å². The predicted octanol–water partition coefficient (Wildman–Crippen LogP) is 3.23. The molecule has 32 heavy (non-hydrogen) atoms. The van der Waals surface area contributed by atoms with Crippen LogP contribution in [0.4, 0.5) is 14.5 Å². The minimum atomic E-state index is -4.01. The Morgan fingerprint density at radius 1 is 1.19 bits per heavy atom. The number of amides is 1. The molecule has 1 aliphatic heterocycles. The summed E-state index contributed by atoms with van der Waals surface area (Å²) in [7, 11) is -2.52. The molecule has 2 aromatic carbocycles. The number of carbonyl (C=O) groups is 1. The van der Waals surface area contributed by atoms with Crippen LogP contribution in [0.25, 0.3) is 0 Å². The van der Waals surface area contributed by atoms with E-state index in [0.717, 1.165) is 17.7 Å². The molecule has 0 aliphatic carbocycles. The highest BCUT2D eigenvalue weighted by Gasteiger charge is 2.40. The van der Waals surface area contributed by atoms with E-state index in [1.165, 1.54) is 23.9 Å². The van der Waals surface area contributed by atoms with Crippen molar-refractivity contribution >= 4 is 21.6 Å². The van der Waals surface area contributed by atoms with Gasteiger partial charge in [0.1, 0.15) is 11.5 Å². The zero-order valence-electron chi connectivity index (χ0n) is 17.4. The van der Waals surface area contributed by atoms with Crippen LogP contribution in [0, 0.1) is 11.6 Å². The van der Waals surface area contributed by atoms with Gasteiger partial charge in [0.05, 0.1) is 5.54 Å². The number of hydrogen-bond donors (Lipinski definition) is 2. The van der Waals surface area contributed by atoms with Crippen molar-refractivity contribution in [1.82, 2.24) is 9.29 Å². The fourth-order valence-corrected chi connectivity index (χ4v) is 5.29. The molecule has 0 spiro atoms. The van der Waals surface area contributed by atoms with Crippen LogP contribution in [-0.2, 0) is 23.5 Å². The molecule has 0 saturated heterocycles. The van der Waals surface area contributed by atoms with E-state index in [2.05, 4.69) is 10.0 Å². The topological polar surface area (TPSA) is 89.4 Å². The molecule has 3 aromatic rings. The molecule has 2 N–H and O–H groups in total. The highest BCUT2D eigenvalue weighted by molar-refractivity contribution is 7.89. The van der Waals surface area contributed by atoms with Crippen LogP contribution >= 0.6 is 0 Å². The van der Waals surface area contributed by atoms with Crippen molar-refractivity contribution < 1.29 is 26.7 Å². The van der Waals surface area contributed by atoms with Gasteiger partial charge in [-0.05, 0) is 31.0 Å². The first-order valence-corrected chi connectivity index (χ1v) is 11.2. The van der Waals surface area contributed by atoms with Crippen molar-refractivity contribution in [3.8, 4) is 5.75 Å². The van der Waals surface area contributed by atoms with Crippen molar-refractivity contribution in [3.63, 3.8) is 0 Å². The number of carbonyl (C=O) groups excluding carboxylic acids is 1. The zero-order chi connectivity index (χ0) is 23.1. The number of benzene rings is 2. The van der Waals surface area contributed by atoms with E-state index in [9.17, 15) is 22.0 Å². The SMILES string of the molecule is Cn1cc2c(c1C(=O)Nc1ccc(F)c(F)c1)OC[C@@](C)(Cc1ccccc1)NS2(=O)=O. The first kappa shape index (κ1) is 22.0. The van der Waals surface area contributed by atoms with E-state index in [1.54, 1.807) is 6.92 Å². The van der Waals surface area contributed by atoms with E-state index in [4.69, 9.17) is 4.74 Å². The van der Waals surface area contributed by atoms with E-state index in [-0.39, 0.29) is 28.6 Å². The third kappa shape index (κ3) is 4.23. The van der Waals surface area contributed by atoms with Crippen molar-refractivity contribution in [2.24, 2.45) is 7.05 Å². The van der Waals surface area contributed by atoms with E-state index in [0.29, 0.717) is 6.42 Å². The van der Waals surface area contributed by atoms with Gasteiger partial charge >= 0.3 is 0 Å². The average Bonchev–Trinajstić information content (AvgIpc) is 3.02. The van der Waals surface area contributed by atoms with Crippen LogP contribution in [0.5, 0.6) is 5.75 Å². The van der Waals surface area contributed by atoms with E-state index < -0.39 is 33.1 Å². The molecule has 0 fully saturated rings. The Morgan fingerprint density at radius 3 is 2.59 bits per heavy atom. The molecule has 7 nitrogen and oxygen atoms in total. The van der Waals surface area contributed by atoms with Crippen LogP contribution in [0.2, 0.25) is 0 Å². The van der Waals surface area contributed by atoms with Gasteiger partial charge in [-0.25, -0.2) is 21.9 Å². The summed E-state index contributed by atoms with van der Waals surface area (Å²) in [6.45, 7) is 1.70. The van der Waals surface area contributed by atoms with Gasteiger partial charge in [-0.2, -0.15) is 0 Å². The van der Waals surface area contributed by atoms with Crippen LogP contribution in [0.1, 0.15) is 23.0 Å². The minimum Gasteiger partial charge on any atom is -0.488 e. The Labute approximate surface area is 184 Å². The maximum Gasteiger partial charge on any atom is 0.276 e. The molecule has 1 atom stereocenters. The number of halogens is 2. The summed E-state index contributed by atoms with van der Waals surface area (Å²) in [6.07, 6.45) is 1.66. The van der Waals surface area contributed by atoms with Crippen molar-refractivity contribution in [2.45, 2.75) is 23.8 Å². The largest absolute Gasteiger partial charge is 0.488 e. The third-order valence-electron chi connectivity index (χ3n) is 5.14. The van der Waals surface area contributed by atoms with Gasteiger partial charge in [-0.3, -0.25) is 4.79 Å². The number of sulfonamides is 1. The summed E-state index contributed by atoms with van der Waals surface area (Å²) >= 11 is 0. The summed E-state index contributed by atoms with van der Waals surface area (Å²) in [5.74, 6) is -2.99. The van der Waals surface area contributed by atoms with Gasteiger partial charge in [0.15, 0.2) is 23.1 Å². The Morgan fingerprint density at radius 2 is 1.91 bits per heavy atom. The van der Waals surface area contributed by atoms with Crippen molar-refractivity contribution in [3.05, 3.63) is 77.6 Å². The maximum absolute atomic E-state index is 13.5. The smallest absolute Gasteiger partial charge is 0.276 e. The second kappa shape index (κ2) is 8.03. The summed E-state index contributed by atoms with van der Waals surface area (Å²) < 4.78 is 62.8. The average molecular weight is 461 g/mol. The highest BCUT2D eigenvalue weighted by atomic mass is 32.2. The second-order valence-electron chi connectivity index (χ2n) is 7.98. The number of nitrogens with one attached hydrogen (secondary N) is 2. The number of nitrogens with zero attached hydrogens (tertiary/aromatic N) is 1. The molecule has 0 bridgehead atoms. The highest BCUT2D eigenvalue weighted by Crippen LogP contribution is 2.35. The quantitative estimate of drug-likeness (QED) is 0.624. The minimum absolute atomic E-state index is 0.0207. The fraction of sp³-hybridized carbons (Fsp3) is 0.227. The lowest BCUT2D eigenvalue weighted by atomic mass is 9.95. The van der Waals surface area contributed by atoms with Gasteiger partial charge in [0.2, 0.25) is 10.0 Å². The second-order valence-corrected chi connectivity index (χ2v) is 9.63. The Hall–Kier alpha value is -3.24. The lowest BCUT2D eigenvalue weighted by Crippen LogP contribution is -2.50. The predicted molar refractivity (Wildman–Crippen MR) is 114 cm³/mol. The number of ether oxygens (including phenoxy) is 1. The molecular formula is C22H21F2N3O4S. The lowest BCUT2D eigenvalue weighted by molar-refractivity contribution is 0.101. The van der Waals surface area contributed by atoms with E-state index >= 15 is 0 Å². The van der Waals surface area contributed by atoms with Crippen LogP contribution in [0.3, 0.4) is 0 Å². The maximum atomic E-state index is 13.5. The van der Waals surface area contributed by atoms with Gasteiger partial charge in [-0.15, -0.1) is 0 Å². The van der Waals surface area contributed by atoms with Crippen molar-refractivity contribution in [1.29, 1.82) is 0 Å². The number of fused-ring (bicyclic) bond motifs is 1. The monoisotopic (exact) mass is 461 g/mol. The van der Waals surface area contributed by atoms with E-state index in [1.807, 2.05) is 30.3 Å². The Balaban J connectivity index is 1.66.